The van der Waals surface area contributed by atoms with Crippen LogP contribution < -0.4 is 5.43 Å². The van der Waals surface area contributed by atoms with Gasteiger partial charge in [0, 0.05) is 17.4 Å². The normalized spacial score (nSPS) is 11.1. The largest absolute Gasteiger partial charge is 0.278 e. The summed E-state index contributed by atoms with van der Waals surface area (Å²) < 4.78 is 0. The molecule has 1 heterocycles. The number of rotatable bonds is 3. The smallest absolute Gasteiger partial charge is 0.0893 e. The molecule has 1 aromatic heterocycles. The lowest BCUT2D eigenvalue weighted by molar-refractivity contribution is 1.29. The number of fused-ring (bicyclic) bond motifs is 1. The summed E-state index contributed by atoms with van der Waals surface area (Å²) in [5, 5.41) is 4.85. The van der Waals surface area contributed by atoms with Crippen molar-refractivity contribution in [2.24, 2.45) is 5.10 Å². The number of hydrazone groups is 1. The van der Waals surface area contributed by atoms with E-state index in [1.165, 1.54) is 0 Å². The van der Waals surface area contributed by atoms with Crippen molar-refractivity contribution < 1.29 is 0 Å². The number of halogens is 1. The third-order valence-corrected chi connectivity index (χ3v) is 2.96. The summed E-state index contributed by atoms with van der Waals surface area (Å²) in [4.78, 5) is 8.48. The molecule has 0 atom stereocenters. The monoisotopic (exact) mass is 282 g/mol. The predicted octanol–water partition coefficient (Wildman–Crippen LogP) is 3.73. The first-order chi connectivity index (χ1) is 9.81. The van der Waals surface area contributed by atoms with Crippen molar-refractivity contribution >= 4 is 34.5 Å². The van der Waals surface area contributed by atoms with Gasteiger partial charge in [-0.3, -0.25) is 15.4 Å². The van der Waals surface area contributed by atoms with Gasteiger partial charge < -0.3 is 0 Å². The number of hydrogen-bond donors (Lipinski definition) is 1. The second-order valence-corrected chi connectivity index (χ2v) is 4.62. The van der Waals surface area contributed by atoms with Gasteiger partial charge in [-0.15, -0.1) is 0 Å². The Bertz CT molecular complexity index is 770. The van der Waals surface area contributed by atoms with Crippen molar-refractivity contribution in [2.75, 3.05) is 5.43 Å². The highest BCUT2D eigenvalue weighted by Gasteiger charge is 1.96. The Balaban J connectivity index is 1.77. The van der Waals surface area contributed by atoms with Gasteiger partial charge in [0.25, 0.3) is 0 Å². The summed E-state index contributed by atoms with van der Waals surface area (Å²) in [5.74, 6) is 0. The van der Waals surface area contributed by atoms with Crippen LogP contribution in [0.15, 0.2) is 60.0 Å². The molecule has 0 aliphatic carbocycles. The molecule has 4 nitrogen and oxygen atoms in total. The van der Waals surface area contributed by atoms with Crippen LogP contribution in [0.25, 0.3) is 11.0 Å². The molecule has 0 aliphatic rings. The fraction of sp³-hybridized carbons (Fsp3) is 0. The first kappa shape index (κ1) is 12.6. The molecular weight excluding hydrogens is 272 g/mol. The number of hydrogen-bond acceptors (Lipinski definition) is 4. The molecule has 20 heavy (non-hydrogen) atoms. The van der Waals surface area contributed by atoms with E-state index in [2.05, 4.69) is 20.5 Å². The minimum atomic E-state index is 0.672. The Morgan fingerprint density at radius 2 is 1.85 bits per heavy atom. The maximum atomic E-state index is 5.90. The van der Waals surface area contributed by atoms with Gasteiger partial charge in [-0.05, 0) is 35.9 Å². The van der Waals surface area contributed by atoms with Crippen molar-refractivity contribution in [3.8, 4) is 0 Å². The highest BCUT2D eigenvalue weighted by atomic mass is 35.5. The van der Waals surface area contributed by atoms with Gasteiger partial charge in [-0.1, -0.05) is 23.7 Å². The van der Waals surface area contributed by atoms with E-state index in [1.807, 2.05) is 42.5 Å². The van der Waals surface area contributed by atoms with Gasteiger partial charge in [0.2, 0.25) is 0 Å². The van der Waals surface area contributed by atoms with Crippen molar-refractivity contribution in [3.63, 3.8) is 0 Å². The minimum absolute atomic E-state index is 0.672. The van der Waals surface area contributed by atoms with E-state index in [0.717, 1.165) is 22.3 Å². The minimum Gasteiger partial charge on any atom is -0.278 e. The molecule has 0 saturated heterocycles. The van der Waals surface area contributed by atoms with Crippen LogP contribution in [0.5, 0.6) is 0 Å². The van der Waals surface area contributed by atoms with E-state index in [1.54, 1.807) is 18.6 Å². The Kier molecular flexibility index (Phi) is 3.56. The number of nitrogens with zero attached hydrogens (tertiary/aromatic N) is 3. The molecule has 0 bridgehead atoms. The van der Waals surface area contributed by atoms with Crippen molar-refractivity contribution in [3.05, 3.63) is 65.4 Å². The van der Waals surface area contributed by atoms with E-state index in [-0.39, 0.29) is 0 Å². The van der Waals surface area contributed by atoms with Crippen LogP contribution in [0.4, 0.5) is 5.69 Å². The quantitative estimate of drug-likeness (QED) is 0.588. The molecule has 3 aromatic rings. The summed E-state index contributed by atoms with van der Waals surface area (Å²) in [6, 6.07) is 13.2. The molecule has 3 rings (SSSR count). The first-order valence-corrected chi connectivity index (χ1v) is 6.44. The summed E-state index contributed by atoms with van der Waals surface area (Å²) >= 11 is 5.90. The standard InChI is InChI=1S/C15H11ClN4/c16-12-2-1-3-13(9-12)20-19-10-11-4-5-14-15(8-11)18-7-6-17-14/h1-10,20H. The lowest BCUT2D eigenvalue weighted by atomic mass is 10.2. The zero-order valence-corrected chi connectivity index (χ0v) is 11.2. The summed E-state index contributed by atoms with van der Waals surface area (Å²) in [6.45, 7) is 0. The van der Waals surface area contributed by atoms with E-state index in [9.17, 15) is 0 Å². The third-order valence-electron chi connectivity index (χ3n) is 2.73. The number of aromatic nitrogens is 2. The second-order valence-electron chi connectivity index (χ2n) is 4.18. The van der Waals surface area contributed by atoms with Crippen molar-refractivity contribution in [1.29, 1.82) is 0 Å². The number of nitrogens with one attached hydrogen (secondary N) is 1. The number of benzene rings is 2. The fourth-order valence-electron chi connectivity index (χ4n) is 1.80. The highest BCUT2D eigenvalue weighted by molar-refractivity contribution is 6.30. The third kappa shape index (κ3) is 2.92. The van der Waals surface area contributed by atoms with Crippen molar-refractivity contribution in [1.82, 2.24) is 9.97 Å². The zero-order valence-electron chi connectivity index (χ0n) is 10.5. The van der Waals surface area contributed by atoms with Crippen LogP contribution >= 0.6 is 11.6 Å². The Labute approximate surface area is 121 Å². The van der Waals surface area contributed by atoms with Crippen molar-refractivity contribution in [2.45, 2.75) is 0 Å². The molecule has 2 aromatic carbocycles. The molecule has 0 unspecified atom stereocenters. The highest BCUT2D eigenvalue weighted by Crippen LogP contribution is 2.15. The lowest BCUT2D eigenvalue weighted by Gasteiger charge is -2.00. The van der Waals surface area contributed by atoms with E-state index >= 15 is 0 Å². The van der Waals surface area contributed by atoms with E-state index in [0.29, 0.717) is 5.02 Å². The fourth-order valence-corrected chi connectivity index (χ4v) is 1.99. The lowest BCUT2D eigenvalue weighted by Crippen LogP contribution is -1.91. The van der Waals surface area contributed by atoms with Gasteiger partial charge in [0.15, 0.2) is 0 Å². The maximum Gasteiger partial charge on any atom is 0.0893 e. The van der Waals surface area contributed by atoms with Crippen LogP contribution in [0.2, 0.25) is 5.02 Å². The molecular formula is C15H11ClN4. The molecule has 0 amide bonds. The Hall–Kier alpha value is -2.46. The molecule has 0 saturated carbocycles. The summed E-state index contributed by atoms with van der Waals surface area (Å²) in [7, 11) is 0. The van der Waals surface area contributed by atoms with Gasteiger partial charge in [0.1, 0.15) is 0 Å². The Morgan fingerprint density at radius 3 is 2.70 bits per heavy atom. The van der Waals surface area contributed by atoms with Crippen LogP contribution in [-0.2, 0) is 0 Å². The molecule has 0 radical (unpaired) electrons. The van der Waals surface area contributed by atoms with E-state index in [4.69, 9.17) is 11.6 Å². The maximum absolute atomic E-state index is 5.90. The zero-order chi connectivity index (χ0) is 13.8. The second kappa shape index (κ2) is 5.67. The number of anilines is 1. The molecule has 0 fully saturated rings. The molecule has 1 N–H and O–H groups in total. The predicted molar refractivity (Wildman–Crippen MR) is 82.2 cm³/mol. The molecule has 0 spiro atoms. The van der Waals surface area contributed by atoms with Crippen LogP contribution in [0.1, 0.15) is 5.56 Å². The average Bonchev–Trinajstić information content (AvgIpc) is 2.47. The van der Waals surface area contributed by atoms with E-state index < -0.39 is 0 Å². The van der Waals surface area contributed by atoms with Gasteiger partial charge in [-0.2, -0.15) is 5.10 Å². The van der Waals surface area contributed by atoms with Gasteiger partial charge in [-0.25, -0.2) is 0 Å². The SMILES string of the molecule is Clc1cccc(NN=Cc2ccc3nccnc3c2)c1. The van der Waals surface area contributed by atoms with Gasteiger partial charge >= 0.3 is 0 Å². The van der Waals surface area contributed by atoms with Crippen LogP contribution in [0, 0.1) is 0 Å². The molecule has 98 valence electrons. The van der Waals surface area contributed by atoms with Crippen LogP contribution in [0.3, 0.4) is 0 Å². The first-order valence-electron chi connectivity index (χ1n) is 6.07. The summed E-state index contributed by atoms with van der Waals surface area (Å²) in [6.07, 6.45) is 5.08. The molecule has 5 heteroatoms. The topological polar surface area (TPSA) is 50.2 Å². The van der Waals surface area contributed by atoms with Gasteiger partial charge in [0.05, 0.1) is 22.9 Å². The molecule has 0 aliphatic heterocycles. The summed E-state index contributed by atoms with van der Waals surface area (Å²) in [5.41, 5.74) is 6.44. The Morgan fingerprint density at radius 1 is 1.00 bits per heavy atom. The van der Waals surface area contributed by atoms with Crippen LogP contribution in [-0.4, -0.2) is 16.2 Å². The average molecular weight is 283 g/mol.